The molecule has 0 atom stereocenters. The molecule has 0 spiro atoms. The standard InChI is InChI=1S/C20H16ClN3OS/c21-15-5-3-4-14(12-15)20(8-9-20)19(25)24-16-7-11-23-18(13-16)26-17-6-1-2-10-22-17/h1-7,10-13H,8-9H2,(H,23,24,25). The second-order valence-electron chi connectivity index (χ2n) is 6.20. The molecule has 1 N–H and O–H groups in total. The zero-order chi connectivity index (χ0) is 18.0. The summed E-state index contributed by atoms with van der Waals surface area (Å²) in [5.41, 5.74) is 1.24. The van der Waals surface area contributed by atoms with Gasteiger partial charge in [-0.05, 0) is 54.8 Å². The average molecular weight is 382 g/mol. The molecular weight excluding hydrogens is 366 g/mol. The number of anilines is 1. The fraction of sp³-hybridized carbons (Fsp3) is 0.150. The maximum absolute atomic E-state index is 12.9. The van der Waals surface area contributed by atoms with E-state index in [9.17, 15) is 4.79 Å². The molecule has 1 aliphatic rings. The molecule has 1 aromatic carbocycles. The van der Waals surface area contributed by atoms with Gasteiger partial charge in [0.15, 0.2) is 0 Å². The Morgan fingerprint density at radius 2 is 1.85 bits per heavy atom. The quantitative estimate of drug-likeness (QED) is 0.679. The van der Waals surface area contributed by atoms with Crippen molar-refractivity contribution in [2.75, 3.05) is 5.32 Å². The number of aromatic nitrogens is 2. The molecule has 4 nitrogen and oxygen atoms in total. The lowest BCUT2D eigenvalue weighted by atomic mass is 9.95. The Labute approximate surface area is 161 Å². The van der Waals surface area contributed by atoms with Crippen LogP contribution in [-0.2, 0) is 10.2 Å². The molecule has 6 heteroatoms. The van der Waals surface area contributed by atoms with Gasteiger partial charge in [0.25, 0.3) is 0 Å². The first-order valence-electron chi connectivity index (χ1n) is 8.28. The van der Waals surface area contributed by atoms with Crippen LogP contribution in [0.4, 0.5) is 5.69 Å². The molecule has 26 heavy (non-hydrogen) atoms. The lowest BCUT2D eigenvalue weighted by molar-refractivity contribution is -0.118. The third kappa shape index (κ3) is 3.59. The van der Waals surface area contributed by atoms with Crippen LogP contribution < -0.4 is 5.32 Å². The van der Waals surface area contributed by atoms with Gasteiger partial charge in [-0.25, -0.2) is 9.97 Å². The summed E-state index contributed by atoms with van der Waals surface area (Å²) < 4.78 is 0. The van der Waals surface area contributed by atoms with E-state index in [1.54, 1.807) is 18.5 Å². The molecule has 2 aromatic heterocycles. The summed E-state index contributed by atoms with van der Waals surface area (Å²) in [4.78, 5) is 21.5. The van der Waals surface area contributed by atoms with Gasteiger partial charge in [0, 0.05) is 23.1 Å². The lowest BCUT2D eigenvalue weighted by Crippen LogP contribution is -2.27. The normalized spacial score (nSPS) is 14.7. The molecular formula is C20H16ClN3OS. The molecule has 2 heterocycles. The van der Waals surface area contributed by atoms with Crippen molar-refractivity contribution < 1.29 is 4.79 Å². The SMILES string of the molecule is O=C(Nc1ccnc(Sc2ccccn2)c1)C1(c2cccc(Cl)c2)CC1. The van der Waals surface area contributed by atoms with Gasteiger partial charge in [0.1, 0.15) is 10.1 Å². The maximum Gasteiger partial charge on any atom is 0.235 e. The second-order valence-corrected chi connectivity index (χ2v) is 7.68. The van der Waals surface area contributed by atoms with Crippen molar-refractivity contribution in [1.29, 1.82) is 0 Å². The highest BCUT2D eigenvalue weighted by atomic mass is 35.5. The first kappa shape index (κ1) is 17.1. The number of amides is 1. The Kier molecular flexibility index (Phi) is 4.66. The number of rotatable bonds is 5. The minimum atomic E-state index is -0.470. The number of pyridine rings is 2. The van der Waals surface area contributed by atoms with Crippen LogP contribution in [0.3, 0.4) is 0 Å². The highest BCUT2D eigenvalue weighted by molar-refractivity contribution is 7.99. The van der Waals surface area contributed by atoms with E-state index in [0.717, 1.165) is 34.1 Å². The van der Waals surface area contributed by atoms with Crippen molar-refractivity contribution in [3.8, 4) is 0 Å². The van der Waals surface area contributed by atoms with Crippen molar-refractivity contribution in [3.05, 3.63) is 77.6 Å². The molecule has 0 aliphatic heterocycles. The fourth-order valence-corrected chi connectivity index (χ4v) is 3.83. The van der Waals surface area contributed by atoms with Crippen molar-refractivity contribution in [1.82, 2.24) is 9.97 Å². The summed E-state index contributed by atoms with van der Waals surface area (Å²) in [6.45, 7) is 0. The second kappa shape index (κ2) is 7.09. The van der Waals surface area contributed by atoms with Gasteiger partial charge >= 0.3 is 0 Å². The van der Waals surface area contributed by atoms with Gasteiger partial charge in [-0.15, -0.1) is 0 Å². The summed E-state index contributed by atoms with van der Waals surface area (Å²) in [7, 11) is 0. The van der Waals surface area contributed by atoms with Crippen LogP contribution in [0.2, 0.25) is 5.02 Å². The molecule has 0 radical (unpaired) electrons. The molecule has 1 amide bonds. The first-order valence-corrected chi connectivity index (χ1v) is 9.48. The number of nitrogens with one attached hydrogen (secondary N) is 1. The van der Waals surface area contributed by atoms with Crippen LogP contribution in [0, 0.1) is 0 Å². The van der Waals surface area contributed by atoms with E-state index in [-0.39, 0.29) is 5.91 Å². The highest BCUT2D eigenvalue weighted by Gasteiger charge is 2.51. The summed E-state index contributed by atoms with van der Waals surface area (Å²) >= 11 is 7.55. The first-order chi connectivity index (χ1) is 12.7. The number of nitrogens with zero attached hydrogens (tertiary/aromatic N) is 2. The molecule has 130 valence electrons. The number of hydrogen-bond donors (Lipinski definition) is 1. The average Bonchev–Trinajstić information content (AvgIpc) is 3.45. The largest absolute Gasteiger partial charge is 0.325 e. The maximum atomic E-state index is 12.9. The highest BCUT2D eigenvalue weighted by Crippen LogP contribution is 2.49. The van der Waals surface area contributed by atoms with Crippen LogP contribution in [0.25, 0.3) is 0 Å². The van der Waals surface area contributed by atoms with E-state index in [0.29, 0.717) is 5.02 Å². The van der Waals surface area contributed by atoms with Gasteiger partial charge in [0.05, 0.1) is 5.41 Å². The molecule has 0 unspecified atom stereocenters. The Morgan fingerprint density at radius 1 is 1.00 bits per heavy atom. The van der Waals surface area contributed by atoms with Gasteiger partial charge in [0.2, 0.25) is 5.91 Å². The lowest BCUT2D eigenvalue weighted by Gasteiger charge is -2.16. The van der Waals surface area contributed by atoms with E-state index in [1.165, 1.54) is 11.8 Å². The van der Waals surface area contributed by atoms with Gasteiger partial charge in [-0.2, -0.15) is 0 Å². The number of carbonyl (C=O) groups is 1. The monoisotopic (exact) mass is 381 g/mol. The van der Waals surface area contributed by atoms with Gasteiger partial charge < -0.3 is 5.32 Å². The number of hydrogen-bond acceptors (Lipinski definition) is 4. The predicted octanol–water partition coefficient (Wildman–Crippen LogP) is 4.95. The smallest absolute Gasteiger partial charge is 0.235 e. The summed E-state index contributed by atoms with van der Waals surface area (Å²) in [5, 5.41) is 5.33. The summed E-state index contributed by atoms with van der Waals surface area (Å²) in [6.07, 6.45) is 5.11. The third-order valence-corrected chi connectivity index (χ3v) is 5.52. The van der Waals surface area contributed by atoms with Gasteiger partial charge in [-0.3, -0.25) is 4.79 Å². The number of halogens is 1. The molecule has 4 rings (SSSR count). The van der Waals surface area contributed by atoms with E-state index >= 15 is 0 Å². The van der Waals surface area contributed by atoms with E-state index in [1.807, 2.05) is 48.5 Å². The van der Waals surface area contributed by atoms with Crippen molar-refractivity contribution in [2.45, 2.75) is 28.3 Å². The van der Waals surface area contributed by atoms with Crippen LogP contribution >= 0.6 is 23.4 Å². The summed E-state index contributed by atoms with van der Waals surface area (Å²) in [5.74, 6) is -0.000229. The van der Waals surface area contributed by atoms with E-state index in [2.05, 4.69) is 15.3 Å². The van der Waals surface area contributed by atoms with Crippen LogP contribution in [-0.4, -0.2) is 15.9 Å². The topological polar surface area (TPSA) is 54.9 Å². The molecule has 1 fully saturated rings. The van der Waals surface area contributed by atoms with Crippen LogP contribution in [0.15, 0.2) is 77.0 Å². The number of benzene rings is 1. The molecule has 0 bridgehead atoms. The van der Waals surface area contributed by atoms with E-state index in [4.69, 9.17) is 11.6 Å². The Morgan fingerprint density at radius 3 is 2.58 bits per heavy atom. The van der Waals surface area contributed by atoms with Crippen LogP contribution in [0.1, 0.15) is 18.4 Å². The zero-order valence-electron chi connectivity index (χ0n) is 13.9. The van der Waals surface area contributed by atoms with E-state index < -0.39 is 5.41 Å². The molecule has 3 aromatic rings. The molecule has 1 saturated carbocycles. The zero-order valence-corrected chi connectivity index (χ0v) is 15.4. The van der Waals surface area contributed by atoms with Gasteiger partial charge in [-0.1, -0.05) is 41.6 Å². The molecule has 0 saturated heterocycles. The fourth-order valence-electron chi connectivity index (χ4n) is 2.87. The number of carbonyl (C=O) groups excluding carboxylic acids is 1. The summed E-state index contributed by atoms with van der Waals surface area (Å²) in [6, 6.07) is 17.0. The minimum absolute atomic E-state index is 0.000229. The van der Waals surface area contributed by atoms with Crippen molar-refractivity contribution in [3.63, 3.8) is 0 Å². The Balaban J connectivity index is 1.51. The third-order valence-electron chi connectivity index (χ3n) is 4.40. The molecule has 1 aliphatic carbocycles. The van der Waals surface area contributed by atoms with Crippen molar-refractivity contribution in [2.24, 2.45) is 0 Å². The van der Waals surface area contributed by atoms with Crippen molar-refractivity contribution >= 4 is 35.0 Å². The minimum Gasteiger partial charge on any atom is -0.325 e. The van der Waals surface area contributed by atoms with Crippen LogP contribution in [0.5, 0.6) is 0 Å². The predicted molar refractivity (Wildman–Crippen MR) is 104 cm³/mol. The Hall–Kier alpha value is -2.37. The Bertz CT molecular complexity index is 945.